The van der Waals surface area contributed by atoms with Gasteiger partial charge >= 0.3 is 6.18 Å². The minimum absolute atomic E-state index is 0.0743. The van der Waals surface area contributed by atoms with Crippen LogP contribution in [0, 0.1) is 0 Å². The summed E-state index contributed by atoms with van der Waals surface area (Å²) in [6.45, 7) is 3.96. The lowest BCUT2D eigenvalue weighted by Gasteiger charge is -2.14. The molecule has 0 unspecified atom stereocenters. The number of nitrogens with zero attached hydrogens (tertiary/aromatic N) is 3. The molecular formula is C16H14ClF3N4S. The lowest BCUT2D eigenvalue weighted by molar-refractivity contribution is -0.137. The number of hydrogen-bond donors (Lipinski definition) is 1. The van der Waals surface area contributed by atoms with Gasteiger partial charge in [0, 0.05) is 11.6 Å². The number of alkyl halides is 3. The fraction of sp³-hybridized carbons (Fsp3) is 0.312. The van der Waals surface area contributed by atoms with Crippen LogP contribution in [-0.2, 0) is 12.6 Å². The highest BCUT2D eigenvalue weighted by molar-refractivity contribution is 7.99. The van der Waals surface area contributed by atoms with E-state index in [-0.39, 0.29) is 10.7 Å². The highest BCUT2D eigenvalue weighted by Gasteiger charge is 2.32. The van der Waals surface area contributed by atoms with Gasteiger partial charge < -0.3 is 0 Å². The number of aryl methyl sites for hydroxylation is 1. The van der Waals surface area contributed by atoms with Gasteiger partial charge in [-0.3, -0.25) is 10.1 Å². The topological polar surface area (TPSA) is 54.5 Å². The minimum atomic E-state index is -4.50. The molecule has 0 saturated heterocycles. The molecule has 0 amide bonds. The summed E-state index contributed by atoms with van der Waals surface area (Å²) in [4.78, 5) is 8.64. The Balaban J connectivity index is 2.28. The Bertz CT molecular complexity index is 924. The van der Waals surface area contributed by atoms with Crippen LogP contribution in [0.4, 0.5) is 13.2 Å². The van der Waals surface area contributed by atoms with Crippen molar-refractivity contribution < 1.29 is 13.2 Å². The Labute approximate surface area is 151 Å². The molecule has 132 valence electrons. The van der Waals surface area contributed by atoms with Crippen molar-refractivity contribution in [2.75, 3.05) is 5.75 Å². The Kier molecular flexibility index (Phi) is 4.92. The number of rotatable bonds is 4. The number of pyridine rings is 2. The zero-order chi connectivity index (χ0) is 18.2. The van der Waals surface area contributed by atoms with Gasteiger partial charge in [-0.15, -0.1) is 11.8 Å². The average molecular weight is 387 g/mol. The molecule has 1 N–H and O–H groups in total. The van der Waals surface area contributed by atoms with E-state index in [0.717, 1.165) is 29.1 Å². The van der Waals surface area contributed by atoms with Gasteiger partial charge in [0.15, 0.2) is 0 Å². The average Bonchev–Trinajstić information content (AvgIpc) is 3.03. The van der Waals surface area contributed by atoms with E-state index in [0.29, 0.717) is 22.5 Å². The molecule has 0 aliphatic rings. The van der Waals surface area contributed by atoms with Gasteiger partial charge in [-0.25, -0.2) is 4.98 Å². The lowest BCUT2D eigenvalue weighted by atomic mass is 10.1. The van der Waals surface area contributed by atoms with Crippen molar-refractivity contribution >= 4 is 34.3 Å². The molecule has 25 heavy (non-hydrogen) atoms. The minimum Gasteiger partial charge on any atom is -0.277 e. The molecule has 4 nitrogen and oxygen atoms in total. The van der Waals surface area contributed by atoms with Crippen molar-refractivity contribution in [1.29, 1.82) is 0 Å². The third-order valence-corrected chi connectivity index (χ3v) is 4.82. The Hall–Kier alpha value is -1.80. The monoisotopic (exact) mass is 386 g/mol. The van der Waals surface area contributed by atoms with E-state index in [2.05, 4.69) is 20.2 Å². The van der Waals surface area contributed by atoms with Crippen LogP contribution < -0.4 is 0 Å². The Morgan fingerprint density at radius 1 is 1.24 bits per heavy atom. The number of H-pyrrole nitrogens is 1. The first-order chi connectivity index (χ1) is 11.9. The van der Waals surface area contributed by atoms with Crippen LogP contribution in [0.15, 0.2) is 23.5 Å². The first-order valence-electron chi connectivity index (χ1n) is 7.58. The summed E-state index contributed by atoms with van der Waals surface area (Å²) in [6.07, 6.45) is -1.34. The van der Waals surface area contributed by atoms with Gasteiger partial charge in [0.2, 0.25) is 0 Å². The smallest absolute Gasteiger partial charge is 0.277 e. The van der Waals surface area contributed by atoms with E-state index in [4.69, 9.17) is 11.6 Å². The molecular weight excluding hydrogens is 373 g/mol. The molecule has 3 rings (SSSR count). The summed E-state index contributed by atoms with van der Waals surface area (Å²) in [5, 5.41) is 8.38. The van der Waals surface area contributed by atoms with Crippen LogP contribution in [0.1, 0.15) is 25.1 Å². The lowest BCUT2D eigenvalue weighted by Crippen LogP contribution is -2.06. The second-order valence-corrected chi connectivity index (χ2v) is 6.90. The predicted octanol–water partition coefficient (Wildman–Crippen LogP) is 5.37. The maximum absolute atomic E-state index is 12.9. The molecule has 9 heteroatoms. The van der Waals surface area contributed by atoms with Crippen molar-refractivity contribution in [2.45, 2.75) is 31.5 Å². The van der Waals surface area contributed by atoms with Crippen LogP contribution in [0.5, 0.6) is 0 Å². The summed E-state index contributed by atoms with van der Waals surface area (Å²) < 4.78 is 38.6. The van der Waals surface area contributed by atoms with E-state index in [9.17, 15) is 13.2 Å². The van der Waals surface area contributed by atoms with Gasteiger partial charge in [-0.2, -0.15) is 18.3 Å². The molecule has 0 fully saturated rings. The largest absolute Gasteiger partial charge is 0.417 e. The third kappa shape index (κ3) is 3.32. The van der Waals surface area contributed by atoms with E-state index < -0.39 is 11.7 Å². The van der Waals surface area contributed by atoms with Crippen molar-refractivity contribution in [3.05, 3.63) is 34.7 Å². The fourth-order valence-electron chi connectivity index (χ4n) is 2.55. The van der Waals surface area contributed by atoms with E-state index >= 15 is 0 Å². The molecule has 0 atom stereocenters. The maximum atomic E-state index is 12.9. The SMILES string of the molecule is CCSc1nc(CC)c2cn[nH]c2c1-c1ncc(C(F)(F)F)cc1Cl. The summed E-state index contributed by atoms with van der Waals surface area (Å²) in [6, 6.07) is 0.889. The number of thioether (sulfide) groups is 1. The van der Waals surface area contributed by atoms with Crippen LogP contribution in [-0.4, -0.2) is 25.9 Å². The van der Waals surface area contributed by atoms with E-state index in [1.54, 1.807) is 6.20 Å². The number of aromatic nitrogens is 4. The van der Waals surface area contributed by atoms with Crippen LogP contribution in [0.3, 0.4) is 0 Å². The van der Waals surface area contributed by atoms with Crippen LogP contribution >= 0.6 is 23.4 Å². The van der Waals surface area contributed by atoms with Crippen LogP contribution in [0.25, 0.3) is 22.2 Å². The zero-order valence-electron chi connectivity index (χ0n) is 13.4. The molecule has 0 aromatic carbocycles. The van der Waals surface area contributed by atoms with E-state index in [1.165, 1.54) is 11.8 Å². The first-order valence-corrected chi connectivity index (χ1v) is 8.95. The zero-order valence-corrected chi connectivity index (χ0v) is 15.0. The second kappa shape index (κ2) is 6.84. The van der Waals surface area contributed by atoms with Crippen molar-refractivity contribution in [1.82, 2.24) is 20.2 Å². The summed E-state index contributed by atoms with van der Waals surface area (Å²) in [5.41, 5.74) is 1.50. The quantitative estimate of drug-likeness (QED) is 0.613. The van der Waals surface area contributed by atoms with Gasteiger partial charge in [-0.1, -0.05) is 25.4 Å². The molecule has 3 aromatic heterocycles. The molecule has 3 heterocycles. The summed E-state index contributed by atoms with van der Waals surface area (Å²) in [5.74, 6) is 0.751. The predicted molar refractivity (Wildman–Crippen MR) is 92.9 cm³/mol. The van der Waals surface area contributed by atoms with Gasteiger partial charge in [0.25, 0.3) is 0 Å². The van der Waals surface area contributed by atoms with Crippen molar-refractivity contribution in [3.63, 3.8) is 0 Å². The molecule has 0 aliphatic carbocycles. The number of hydrogen-bond acceptors (Lipinski definition) is 4. The standard InChI is InChI=1S/C16H14ClF3N4S/c1-3-11-9-7-22-24-13(9)12(15(23-11)25-4-2)14-10(17)5-8(6-21-14)16(18,19)20/h5-7H,3-4H2,1-2H3,(H,22,24). The second-order valence-electron chi connectivity index (χ2n) is 5.24. The van der Waals surface area contributed by atoms with Gasteiger partial charge in [0.05, 0.1) is 39.3 Å². The number of fused-ring (bicyclic) bond motifs is 1. The molecule has 0 aliphatic heterocycles. The summed E-state index contributed by atoms with van der Waals surface area (Å²) >= 11 is 7.63. The number of nitrogens with one attached hydrogen (secondary N) is 1. The van der Waals surface area contributed by atoms with E-state index in [1.807, 2.05) is 13.8 Å². The number of halogens is 4. The number of aromatic amines is 1. The molecule has 0 spiro atoms. The fourth-order valence-corrected chi connectivity index (χ4v) is 3.60. The maximum Gasteiger partial charge on any atom is 0.417 e. The third-order valence-electron chi connectivity index (χ3n) is 3.67. The highest BCUT2D eigenvalue weighted by Crippen LogP contribution is 2.40. The summed E-state index contributed by atoms with van der Waals surface area (Å²) in [7, 11) is 0. The Morgan fingerprint density at radius 3 is 2.60 bits per heavy atom. The molecule has 3 aromatic rings. The molecule has 0 radical (unpaired) electrons. The van der Waals surface area contributed by atoms with Crippen molar-refractivity contribution in [3.8, 4) is 11.3 Å². The molecule has 0 saturated carbocycles. The first kappa shape index (κ1) is 18.0. The van der Waals surface area contributed by atoms with Crippen molar-refractivity contribution in [2.24, 2.45) is 0 Å². The van der Waals surface area contributed by atoms with Crippen LogP contribution in [0.2, 0.25) is 5.02 Å². The van der Waals surface area contributed by atoms with Gasteiger partial charge in [-0.05, 0) is 18.2 Å². The normalized spacial score (nSPS) is 12.1. The Morgan fingerprint density at radius 2 is 2.00 bits per heavy atom. The molecule has 0 bridgehead atoms. The highest BCUT2D eigenvalue weighted by atomic mass is 35.5. The van der Waals surface area contributed by atoms with Gasteiger partial charge in [0.1, 0.15) is 5.03 Å².